The van der Waals surface area contributed by atoms with E-state index in [-0.39, 0.29) is 0 Å². The smallest absolute Gasteiger partial charge is 0.158 e. The van der Waals surface area contributed by atoms with Crippen LogP contribution in [0.3, 0.4) is 0 Å². The Morgan fingerprint density at radius 1 is 0.941 bits per heavy atom. The highest BCUT2D eigenvalue weighted by molar-refractivity contribution is 5.91. The van der Waals surface area contributed by atoms with Crippen molar-refractivity contribution in [1.82, 2.24) is 0 Å². The predicted octanol–water partition coefficient (Wildman–Crippen LogP) is 4.52. The molecule has 0 amide bonds. The summed E-state index contributed by atoms with van der Waals surface area (Å²) in [6.45, 7) is 2.34. The van der Waals surface area contributed by atoms with Crippen molar-refractivity contribution in [2.45, 2.75) is 64.7 Å². The van der Waals surface area contributed by atoms with Crippen LogP contribution in [-0.2, 0) is 4.79 Å². The van der Waals surface area contributed by atoms with E-state index in [4.69, 9.17) is 0 Å². The maximum absolute atomic E-state index is 12.0. The normalized spacial score (nSPS) is 31.8. The Morgan fingerprint density at radius 2 is 1.59 bits per heavy atom. The maximum Gasteiger partial charge on any atom is 0.158 e. The summed E-state index contributed by atoms with van der Waals surface area (Å²) in [5, 5.41) is 0. The molecule has 0 N–H and O–H groups in total. The Hall–Kier alpha value is -0.590. The molecule has 96 valence electrons. The van der Waals surface area contributed by atoms with Gasteiger partial charge in [0, 0.05) is 5.92 Å². The van der Waals surface area contributed by atoms with E-state index in [1.165, 1.54) is 44.9 Å². The van der Waals surface area contributed by atoms with Crippen molar-refractivity contribution in [3.63, 3.8) is 0 Å². The lowest BCUT2D eigenvalue weighted by atomic mass is 9.82. The second kappa shape index (κ2) is 6.37. The minimum absolute atomic E-state index is 0.350. The molecule has 0 unspecified atom stereocenters. The van der Waals surface area contributed by atoms with E-state index in [0.717, 1.165) is 18.8 Å². The molecule has 2 aliphatic rings. The van der Waals surface area contributed by atoms with Crippen molar-refractivity contribution in [2.24, 2.45) is 17.8 Å². The van der Waals surface area contributed by atoms with Crippen LogP contribution in [0.4, 0.5) is 0 Å². The first kappa shape index (κ1) is 12.9. The van der Waals surface area contributed by atoms with Crippen LogP contribution in [0.25, 0.3) is 0 Å². The summed E-state index contributed by atoms with van der Waals surface area (Å²) < 4.78 is 0. The molecule has 0 aromatic heterocycles. The summed E-state index contributed by atoms with van der Waals surface area (Å²) in [7, 11) is 0. The first-order chi connectivity index (χ1) is 8.25. The summed E-state index contributed by atoms with van der Waals surface area (Å²) in [4.78, 5) is 12.0. The van der Waals surface area contributed by atoms with Gasteiger partial charge in [-0.2, -0.15) is 0 Å². The van der Waals surface area contributed by atoms with Crippen LogP contribution in [0.15, 0.2) is 12.2 Å². The minimum Gasteiger partial charge on any atom is -0.295 e. The van der Waals surface area contributed by atoms with Gasteiger partial charge in [-0.25, -0.2) is 0 Å². The van der Waals surface area contributed by atoms with Crippen molar-refractivity contribution in [3.8, 4) is 0 Å². The van der Waals surface area contributed by atoms with Gasteiger partial charge in [0.2, 0.25) is 0 Å². The van der Waals surface area contributed by atoms with Gasteiger partial charge in [0.25, 0.3) is 0 Å². The lowest BCUT2D eigenvalue weighted by Crippen LogP contribution is -2.16. The molecule has 0 aromatic rings. The van der Waals surface area contributed by atoms with Crippen LogP contribution in [0.2, 0.25) is 0 Å². The zero-order valence-corrected chi connectivity index (χ0v) is 11.2. The summed E-state index contributed by atoms with van der Waals surface area (Å²) >= 11 is 0. The number of carbonyl (C=O) groups excluding carboxylic acids is 1. The Balaban J connectivity index is 1.77. The van der Waals surface area contributed by atoms with Crippen LogP contribution >= 0.6 is 0 Å². The highest BCUT2D eigenvalue weighted by Crippen LogP contribution is 2.30. The third-order valence-electron chi connectivity index (χ3n) is 4.60. The largest absolute Gasteiger partial charge is 0.295 e. The number of allylic oxidation sites excluding steroid dienone is 2. The molecule has 2 aliphatic carbocycles. The van der Waals surface area contributed by atoms with Crippen LogP contribution < -0.4 is 0 Å². The van der Waals surface area contributed by atoms with Gasteiger partial charge in [-0.05, 0) is 43.6 Å². The lowest BCUT2D eigenvalue weighted by Gasteiger charge is -2.24. The molecule has 2 saturated carbocycles. The van der Waals surface area contributed by atoms with Gasteiger partial charge >= 0.3 is 0 Å². The third-order valence-corrected chi connectivity index (χ3v) is 4.60. The summed E-state index contributed by atoms with van der Waals surface area (Å²) in [5.41, 5.74) is 0. The SMILES string of the molecule is CC1CCC(C=CC(=O)C2CCCCC2)CC1. The van der Waals surface area contributed by atoms with Crippen LogP contribution in [0.1, 0.15) is 64.7 Å². The average molecular weight is 234 g/mol. The number of hydrogen-bond acceptors (Lipinski definition) is 1. The first-order valence-corrected chi connectivity index (χ1v) is 7.47. The van der Waals surface area contributed by atoms with Crippen molar-refractivity contribution in [1.29, 1.82) is 0 Å². The molecular formula is C16H26O. The molecule has 0 heterocycles. The van der Waals surface area contributed by atoms with Crippen molar-refractivity contribution < 1.29 is 4.79 Å². The van der Waals surface area contributed by atoms with E-state index >= 15 is 0 Å². The summed E-state index contributed by atoms with van der Waals surface area (Å²) in [6, 6.07) is 0. The van der Waals surface area contributed by atoms with Crippen LogP contribution in [0.5, 0.6) is 0 Å². The Morgan fingerprint density at radius 3 is 2.24 bits per heavy atom. The lowest BCUT2D eigenvalue weighted by molar-refractivity contribution is -0.119. The topological polar surface area (TPSA) is 17.1 Å². The van der Waals surface area contributed by atoms with Gasteiger partial charge in [-0.15, -0.1) is 0 Å². The fourth-order valence-corrected chi connectivity index (χ4v) is 3.23. The highest BCUT2D eigenvalue weighted by Gasteiger charge is 2.20. The van der Waals surface area contributed by atoms with Crippen molar-refractivity contribution >= 4 is 5.78 Å². The molecule has 0 radical (unpaired) electrons. The van der Waals surface area contributed by atoms with E-state index in [9.17, 15) is 4.79 Å². The molecule has 0 aromatic carbocycles. The van der Waals surface area contributed by atoms with E-state index in [1.807, 2.05) is 6.08 Å². The van der Waals surface area contributed by atoms with Crippen molar-refractivity contribution in [3.05, 3.63) is 12.2 Å². The number of rotatable bonds is 3. The molecular weight excluding hydrogens is 208 g/mol. The molecule has 0 spiro atoms. The molecule has 2 fully saturated rings. The fraction of sp³-hybridized carbons (Fsp3) is 0.812. The van der Waals surface area contributed by atoms with E-state index in [1.54, 1.807) is 0 Å². The maximum atomic E-state index is 12.0. The van der Waals surface area contributed by atoms with Crippen LogP contribution in [0, 0.1) is 17.8 Å². The minimum atomic E-state index is 0.350. The molecule has 1 heteroatoms. The monoisotopic (exact) mass is 234 g/mol. The Labute approximate surface area is 106 Å². The second-order valence-corrected chi connectivity index (χ2v) is 6.12. The molecule has 0 bridgehead atoms. The summed E-state index contributed by atoms with van der Waals surface area (Å²) in [6.07, 6.45) is 15.5. The van der Waals surface area contributed by atoms with E-state index in [0.29, 0.717) is 17.6 Å². The molecule has 2 rings (SSSR count). The van der Waals surface area contributed by atoms with Gasteiger partial charge in [0.05, 0.1) is 0 Å². The van der Waals surface area contributed by atoms with Gasteiger partial charge in [0.15, 0.2) is 5.78 Å². The molecule has 17 heavy (non-hydrogen) atoms. The van der Waals surface area contributed by atoms with Gasteiger partial charge < -0.3 is 0 Å². The molecule has 0 atom stereocenters. The predicted molar refractivity (Wildman–Crippen MR) is 71.8 cm³/mol. The Bertz CT molecular complexity index is 265. The molecule has 0 aliphatic heterocycles. The number of hydrogen-bond donors (Lipinski definition) is 0. The zero-order valence-electron chi connectivity index (χ0n) is 11.2. The van der Waals surface area contributed by atoms with E-state index in [2.05, 4.69) is 13.0 Å². The quantitative estimate of drug-likeness (QED) is 0.656. The molecule has 0 saturated heterocycles. The number of ketones is 1. The van der Waals surface area contributed by atoms with Crippen molar-refractivity contribution in [2.75, 3.05) is 0 Å². The number of carbonyl (C=O) groups is 1. The first-order valence-electron chi connectivity index (χ1n) is 7.47. The average Bonchev–Trinajstić information content (AvgIpc) is 2.39. The third kappa shape index (κ3) is 3.97. The van der Waals surface area contributed by atoms with Gasteiger partial charge in [-0.3, -0.25) is 4.79 Å². The second-order valence-electron chi connectivity index (χ2n) is 6.12. The Kier molecular flexibility index (Phi) is 4.82. The van der Waals surface area contributed by atoms with Gasteiger partial charge in [-0.1, -0.05) is 45.1 Å². The fourth-order valence-electron chi connectivity index (χ4n) is 3.23. The van der Waals surface area contributed by atoms with Crippen LogP contribution in [-0.4, -0.2) is 5.78 Å². The molecule has 1 nitrogen and oxygen atoms in total. The summed E-state index contributed by atoms with van der Waals surface area (Å²) in [5.74, 6) is 2.33. The zero-order chi connectivity index (χ0) is 12.1. The van der Waals surface area contributed by atoms with E-state index < -0.39 is 0 Å². The standard InChI is InChI=1S/C16H26O/c1-13-7-9-14(10-8-13)11-12-16(17)15-5-3-2-4-6-15/h11-15H,2-10H2,1H3. The highest BCUT2D eigenvalue weighted by atomic mass is 16.1. The van der Waals surface area contributed by atoms with Gasteiger partial charge in [0.1, 0.15) is 0 Å².